The number of carbonyl (C=O) groups excluding carboxylic acids is 2. The maximum absolute atomic E-state index is 12.2. The molecular weight excluding hydrogens is 276 g/mol. The van der Waals surface area contributed by atoms with E-state index in [-0.39, 0.29) is 5.78 Å². The Morgan fingerprint density at radius 2 is 1.82 bits per heavy atom. The molecule has 0 amide bonds. The van der Waals surface area contributed by atoms with Gasteiger partial charge >= 0.3 is 5.97 Å². The summed E-state index contributed by atoms with van der Waals surface area (Å²) in [5.41, 5.74) is -0.407. The number of methoxy groups -OCH3 is 1. The summed E-state index contributed by atoms with van der Waals surface area (Å²) in [6.07, 6.45) is 1.64. The van der Waals surface area contributed by atoms with E-state index >= 15 is 0 Å². The number of carbonyl (C=O) groups is 2. The summed E-state index contributed by atoms with van der Waals surface area (Å²) in [7, 11) is 1.30. The standard InChI is InChI=1S/C19H20O3/c1-5-17(19(3,13(2)20)18(21)22-4)16-11-10-14-8-6-7-9-15(14)12-16/h5-12,17H,1H2,2-4H3. The van der Waals surface area contributed by atoms with Gasteiger partial charge < -0.3 is 4.74 Å². The zero-order chi connectivity index (χ0) is 16.3. The number of esters is 1. The van der Waals surface area contributed by atoms with Crippen LogP contribution in [0.15, 0.2) is 55.1 Å². The molecule has 0 aliphatic heterocycles. The second-order valence-corrected chi connectivity index (χ2v) is 5.57. The van der Waals surface area contributed by atoms with Crippen molar-refractivity contribution in [3.8, 4) is 0 Å². The van der Waals surface area contributed by atoms with Crippen LogP contribution in [-0.2, 0) is 14.3 Å². The van der Waals surface area contributed by atoms with E-state index in [9.17, 15) is 9.59 Å². The number of rotatable bonds is 5. The van der Waals surface area contributed by atoms with E-state index in [1.54, 1.807) is 13.0 Å². The number of hydrogen-bond acceptors (Lipinski definition) is 3. The van der Waals surface area contributed by atoms with Gasteiger partial charge in [0.25, 0.3) is 0 Å². The molecule has 0 heterocycles. The van der Waals surface area contributed by atoms with Crippen LogP contribution in [0.3, 0.4) is 0 Å². The summed E-state index contributed by atoms with van der Waals surface area (Å²) in [5.74, 6) is -1.22. The Hall–Kier alpha value is -2.42. The Balaban J connectivity index is 2.59. The third kappa shape index (κ3) is 2.54. The molecule has 0 fully saturated rings. The van der Waals surface area contributed by atoms with E-state index in [1.807, 2.05) is 42.5 Å². The van der Waals surface area contributed by atoms with Gasteiger partial charge in [-0.25, -0.2) is 0 Å². The van der Waals surface area contributed by atoms with Gasteiger partial charge in [0.15, 0.2) is 0 Å². The molecule has 3 nitrogen and oxygen atoms in total. The zero-order valence-corrected chi connectivity index (χ0v) is 13.1. The van der Waals surface area contributed by atoms with Crippen molar-refractivity contribution in [3.05, 3.63) is 60.7 Å². The third-order valence-corrected chi connectivity index (χ3v) is 4.33. The predicted octanol–water partition coefficient (Wildman–Crippen LogP) is 3.88. The van der Waals surface area contributed by atoms with Crippen molar-refractivity contribution in [2.75, 3.05) is 7.11 Å². The van der Waals surface area contributed by atoms with Gasteiger partial charge in [0, 0.05) is 5.92 Å². The van der Waals surface area contributed by atoms with Gasteiger partial charge in [-0.15, -0.1) is 6.58 Å². The van der Waals surface area contributed by atoms with Gasteiger partial charge in [-0.1, -0.05) is 48.5 Å². The fraction of sp³-hybridized carbons (Fsp3) is 0.263. The molecule has 0 aliphatic rings. The van der Waals surface area contributed by atoms with Crippen molar-refractivity contribution in [1.82, 2.24) is 0 Å². The zero-order valence-electron chi connectivity index (χ0n) is 13.1. The molecule has 2 unspecified atom stereocenters. The lowest BCUT2D eigenvalue weighted by Crippen LogP contribution is -2.41. The maximum Gasteiger partial charge on any atom is 0.320 e. The molecule has 2 aromatic carbocycles. The van der Waals surface area contributed by atoms with Crippen LogP contribution in [0.2, 0.25) is 0 Å². The summed E-state index contributed by atoms with van der Waals surface area (Å²) in [4.78, 5) is 24.4. The molecule has 0 aliphatic carbocycles. The van der Waals surface area contributed by atoms with E-state index in [0.717, 1.165) is 16.3 Å². The van der Waals surface area contributed by atoms with Gasteiger partial charge in [-0.05, 0) is 30.2 Å². The maximum atomic E-state index is 12.2. The van der Waals surface area contributed by atoms with Crippen molar-refractivity contribution in [2.45, 2.75) is 19.8 Å². The fourth-order valence-corrected chi connectivity index (χ4v) is 2.81. The summed E-state index contributed by atoms with van der Waals surface area (Å²) in [5, 5.41) is 2.17. The number of fused-ring (bicyclic) bond motifs is 1. The van der Waals surface area contributed by atoms with Crippen LogP contribution in [0.5, 0.6) is 0 Å². The molecule has 0 bridgehead atoms. The Labute approximate surface area is 130 Å². The molecule has 2 atom stereocenters. The van der Waals surface area contributed by atoms with Crippen molar-refractivity contribution >= 4 is 22.5 Å². The average Bonchev–Trinajstić information content (AvgIpc) is 2.54. The Morgan fingerprint density at radius 3 is 2.36 bits per heavy atom. The van der Waals surface area contributed by atoms with Crippen molar-refractivity contribution in [1.29, 1.82) is 0 Å². The third-order valence-electron chi connectivity index (χ3n) is 4.33. The van der Waals surface area contributed by atoms with Gasteiger partial charge in [-0.2, -0.15) is 0 Å². The van der Waals surface area contributed by atoms with Crippen molar-refractivity contribution < 1.29 is 14.3 Å². The number of benzene rings is 2. The highest BCUT2D eigenvalue weighted by Gasteiger charge is 2.46. The predicted molar refractivity (Wildman–Crippen MR) is 87.7 cm³/mol. The van der Waals surface area contributed by atoms with Crippen LogP contribution in [0.1, 0.15) is 25.3 Å². The fourth-order valence-electron chi connectivity index (χ4n) is 2.81. The van der Waals surface area contributed by atoms with E-state index in [4.69, 9.17) is 4.74 Å². The minimum atomic E-state index is -1.28. The second kappa shape index (κ2) is 6.14. The lowest BCUT2D eigenvalue weighted by Gasteiger charge is -2.31. The van der Waals surface area contributed by atoms with Gasteiger partial charge in [-0.3, -0.25) is 9.59 Å². The topological polar surface area (TPSA) is 43.4 Å². The first kappa shape index (κ1) is 16.0. The lowest BCUT2D eigenvalue weighted by atomic mass is 9.70. The highest BCUT2D eigenvalue weighted by Crippen LogP contribution is 2.39. The minimum Gasteiger partial charge on any atom is -0.468 e. The van der Waals surface area contributed by atoms with Crippen molar-refractivity contribution in [2.24, 2.45) is 5.41 Å². The Morgan fingerprint density at radius 1 is 1.18 bits per heavy atom. The normalized spacial score (nSPS) is 14.9. The Kier molecular flexibility index (Phi) is 4.45. The van der Waals surface area contributed by atoms with Crippen molar-refractivity contribution in [3.63, 3.8) is 0 Å². The molecule has 114 valence electrons. The van der Waals surface area contributed by atoms with E-state index in [0.29, 0.717) is 0 Å². The summed E-state index contributed by atoms with van der Waals surface area (Å²) >= 11 is 0. The number of ketones is 1. The number of allylic oxidation sites excluding steroid dienone is 1. The van der Waals surface area contributed by atoms with Gasteiger partial charge in [0.05, 0.1) is 7.11 Å². The second-order valence-electron chi connectivity index (χ2n) is 5.57. The monoisotopic (exact) mass is 296 g/mol. The molecule has 0 saturated carbocycles. The van der Waals surface area contributed by atoms with Gasteiger partial charge in [0.1, 0.15) is 11.2 Å². The van der Waals surface area contributed by atoms with Gasteiger partial charge in [0.2, 0.25) is 0 Å². The SMILES string of the molecule is C=CC(c1ccc2ccccc2c1)C(C)(C(C)=O)C(=O)OC. The number of Topliss-reactive ketones (excluding diaryl/α,β-unsaturated/α-hetero) is 1. The molecule has 3 heteroatoms. The van der Waals surface area contributed by atoms with Crippen LogP contribution in [0.4, 0.5) is 0 Å². The molecule has 0 N–H and O–H groups in total. The highest BCUT2D eigenvalue weighted by molar-refractivity contribution is 6.03. The van der Waals surface area contributed by atoms with E-state index < -0.39 is 17.3 Å². The highest BCUT2D eigenvalue weighted by atomic mass is 16.5. The smallest absolute Gasteiger partial charge is 0.320 e. The summed E-state index contributed by atoms with van der Waals surface area (Å²) < 4.78 is 4.86. The summed E-state index contributed by atoms with van der Waals surface area (Å²) in [6.45, 7) is 6.85. The first-order valence-corrected chi connectivity index (χ1v) is 7.15. The molecule has 22 heavy (non-hydrogen) atoms. The van der Waals surface area contributed by atoms with Crippen LogP contribution >= 0.6 is 0 Å². The molecule has 2 aromatic rings. The van der Waals surface area contributed by atoms with E-state index in [2.05, 4.69) is 6.58 Å². The lowest BCUT2D eigenvalue weighted by molar-refractivity contribution is -0.157. The quantitative estimate of drug-likeness (QED) is 0.478. The largest absolute Gasteiger partial charge is 0.468 e. The van der Waals surface area contributed by atoms with Crippen LogP contribution in [0, 0.1) is 5.41 Å². The Bertz CT molecular complexity index is 732. The first-order valence-electron chi connectivity index (χ1n) is 7.15. The van der Waals surface area contributed by atoms with Crippen LogP contribution < -0.4 is 0 Å². The number of hydrogen-bond donors (Lipinski definition) is 0. The molecule has 2 rings (SSSR count). The first-order chi connectivity index (χ1) is 10.4. The molecule has 0 radical (unpaired) electrons. The average molecular weight is 296 g/mol. The molecule has 0 saturated heterocycles. The molecule has 0 aromatic heterocycles. The molecular formula is C19H20O3. The molecule has 0 spiro atoms. The minimum absolute atomic E-state index is 0.239. The van der Waals surface area contributed by atoms with E-state index in [1.165, 1.54) is 14.0 Å². The summed E-state index contributed by atoms with van der Waals surface area (Å²) in [6, 6.07) is 13.9. The number of ether oxygens (including phenoxy) is 1. The van der Waals surface area contributed by atoms with Crippen LogP contribution in [-0.4, -0.2) is 18.9 Å². The van der Waals surface area contributed by atoms with Crippen LogP contribution in [0.25, 0.3) is 10.8 Å².